The van der Waals surface area contributed by atoms with E-state index < -0.39 is 0 Å². The minimum Gasteiger partial charge on any atom is -0.311 e. The van der Waals surface area contributed by atoms with Crippen LogP contribution in [0.4, 0.5) is 4.39 Å². The molecule has 0 amide bonds. The highest BCUT2D eigenvalue weighted by Crippen LogP contribution is 2.19. The topological polar surface area (TPSA) is 42.7 Å². The third-order valence-electron chi connectivity index (χ3n) is 2.34. The van der Waals surface area contributed by atoms with Crippen molar-refractivity contribution in [1.29, 1.82) is 0 Å². The number of halogens is 2. The van der Waals surface area contributed by atoms with Crippen LogP contribution in [0.5, 0.6) is 0 Å². The van der Waals surface area contributed by atoms with Crippen LogP contribution >= 0.6 is 11.6 Å². The van der Waals surface area contributed by atoms with Crippen molar-refractivity contribution in [2.45, 2.75) is 13.1 Å². The SMILES string of the molecule is Fc1cccc(CNCCn2ccnn2)c1Cl. The maximum absolute atomic E-state index is 13.1. The van der Waals surface area contributed by atoms with Gasteiger partial charge in [-0.25, -0.2) is 4.39 Å². The number of nitrogens with one attached hydrogen (secondary N) is 1. The molecule has 0 aliphatic carbocycles. The zero-order chi connectivity index (χ0) is 12.1. The molecule has 0 atom stereocenters. The molecule has 4 nitrogen and oxygen atoms in total. The summed E-state index contributed by atoms with van der Waals surface area (Å²) in [6, 6.07) is 4.80. The van der Waals surface area contributed by atoms with Crippen molar-refractivity contribution < 1.29 is 4.39 Å². The van der Waals surface area contributed by atoms with Crippen LogP contribution in [-0.4, -0.2) is 21.5 Å². The normalized spacial score (nSPS) is 10.7. The molecule has 0 saturated carbocycles. The molecule has 0 aliphatic heterocycles. The Balaban J connectivity index is 1.80. The second kappa shape index (κ2) is 5.75. The number of aromatic nitrogens is 3. The van der Waals surface area contributed by atoms with E-state index in [4.69, 9.17) is 11.6 Å². The van der Waals surface area contributed by atoms with Crippen LogP contribution in [0.2, 0.25) is 5.02 Å². The first kappa shape index (κ1) is 12.0. The van der Waals surface area contributed by atoms with Gasteiger partial charge in [-0.15, -0.1) is 5.10 Å². The molecule has 1 N–H and O–H groups in total. The van der Waals surface area contributed by atoms with E-state index in [0.717, 1.165) is 12.1 Å². The summed E-state index contributed by atoms with van der Waals surface area (Å²) in [5, 5.41) is 10.9. The van der Waals surface area contributed by atoms with Crippen LogP contribution in [-0.2, 0) is 13.1 Å². The molecular formula is C11H12ClFN4. The Morgan fingerprint density at radius 3 is 3.06 bits per heavy atom. The lowest BCUT2D eigenvalue weighted by Gasteiger charge is -2.07. The Kier molecular flexibility index (Phi) is 4.06. The molecular weight excluding hydrogens is 243 g/mol. The number of hydrogen-bond acceptors (Lipinski definition) is 3. The zero-order valence-electron chi connectivity index (χ0n) is 9.11. The summed E-state index contributed by atoms with van der Waals surface area (Å²) in [6.07, 6.45) is 3.42. The lowest BCUT2D eigenvalue weighted by atomic mass is 10.2. The number of benzene rings is 1. The van der Waals surface area contributed by atoms with Gasteiger partial charge in [-0.05, 0) is 11.6 Å². The van der Waals surface area contributed by atoms with E-state index in [1.807, 2.05) is 0 Å². The summed E-state index contributed by atoms with van der Waals surface area (Å²) in [5.74, 6) is -0.387. The maximum Gasteiger partial charge on any atom is 0.142 e. The van der Waals surface area contributed by atoms with Gasteiger partial charge in [0.15, 0.2) is 0 Å². The molecule has 17 heavy (non-hydrogen) atoms. The molecule has 90 valence electrons. The zero-order valence-corrected chi connectivity index (χ0v) is 9.86. The fourth-order valence-electron chi connectivity index (χ4n) is 1.45. The third-order valence-corrected chi connectivity index (χ3v) is 2.76. The Bertz CT molecular complexity index is 472. The largest absolute Gasteiger partial charge is 0.311 e. The number of nitrogens with zero attached hydrogens (tertiary/aromatic N) is 3. The molecule has 0 fully saturated rings. The Labute approximate surface area is 103 Å². The van der Waals surface area contributed by atoms with Crippen molar-refractivity contribution in [2.24, 2.45) is 0 Å². The second-order valence-electron chi connectivity index (χ2n) is 3.56. The Morgan fingerprint density at radius 1 is 1.41 bits per heavy atom. The van der Waals surface area contributed by atoms with E-state index in [9.17, 15) is 4.39 Å². The van der Waals surface area contributed by atoms with E-state index in [2.05, 4.69) is 15.6 Å². The first-order valence-corrected chi connectivity index (χ1v) is 5.63. The van der Waals surface area contributed by atoms with Crippen molar-refractivity contribution in [3.05, 3.63) is 47.0 Å². The van der Waals surface area contributed by atoms with Crippen LogP contribution < -0.4 is 5.32 Å². The van der Waals surface area contributed by atoms with Crippen molar-refractivity contribution in [3.8, 4) is 0 Å². The minimum atomic E-state index is -0.387. The van der Waals surface area contributed by atoms with Crippen LogP contribution in [0.1, 0.15) is 5.56 Å². The van der Waals surface area contributed by atoms with Crippen LogP contribution in [0.15, 0.2) is 30.6 Å². The van der Waals surface area contributed by atoms with Crippen molar-refractivity contribution in [3.63, 3.8) is 0 Å². The molecule has 2 aromatic rings. The fourth-order valence-corrected chi connectivity index (χ4v) is 1.65. The molecule has 0 aliphatic rings. The summed E-state index contributed by atoms with van der Waals surface area (Å²) in [5.41, 5.74) is 0.755. The number of rotatable bonds is 5. The summed E-state index contributed by atoms with van der Waals surface area (Å²) in [6.45, 7) is 1.97. The van der Waals surface area contributed by atoms with Crippen LogP contribution in [0.3, 0.4) is 0 Å². The van der Waals surface area contributed by atoms with Gasteiger partial charge in [0.2, 0.25) is 0 Å². The molecule has 0 bridgehead atoms. The van der Waals surface area contributed by atoms with Crippen molar-refractivity contribution >= 4 is 11.6 Å². The summed E-state index contributed by atoms with van der Waals surface area (Å²) >= 11 is 5.83. The van der Waals surface area contributed by atoms with Gasteiger partial charge in [0.1, 0.15) is 5.82 Å². The maximum atomic E-state index is 13.1. The van der Waals surface area contributed by atoms with Gasteiger partial charge in [0, 0.05) is 19.3 Å². The van der Waals surface area contributed by atoms with Gasteiger partial charge < -0.3 is 5.32 Å². The van der Waals surface area contributed by atoms with E-state index >= 15 is 0 Å². The second-order valence-corrected chi connectivity index (χ2v) is 3.93. The van der Waals surface area contributed by atoms with Gasteiger partial charge >= 0.3 is 0 Å². The predicted octanol–water partition coefficient (Wildman–Crippen LogP) is 1.86. The van der Waals surface area contributed by atoms with Crippen molar-refractivity contribution in [1.82, 2.24) is 20.3 Å². The smallest absolute Gasteiger partial charge is 0.142 e. The highest BCUT2D eigenvalue weighted by atomic mass is 35.5. The summed E-state index contributed by atoms with van der Waals surface area (Å²) < 4.78 is 14.9. The monoisotopic (exact) mass is 254 g/mol. The van der Waals surface area contributed by atoms with E-state index in [-0.39, 0.29) is 10.8 Å². The van der Waals surface area contributed by atoms with Gasteiger partial charge in [0.25, 0.3) is 0 Å². The molecule has 0 radical (unpaired) electrons. The standard InChI is InChI=1S/C11H12ClFN4/c12-11-9(2-1-3-10(11)13)8-14-4-6-17-7-5-15-16-17/h1-3,5,7,14H,4,6,8H2. The van der Waals surface area contributed by atoms with E-state index in [0.29, 0.717) is 13.1 Å². The molecule has 1 aromatic heterocycles. The molecule has 1 aromatic carbocycles. The molecule has 2 rings (SSSR count). The Hall–Kier alpha value is -1.46. The molecule has 0 spiro atoms. The van der Waals surface area contributed by atoms with E-state index in [1.54, 1.807) is 29.2 Å². The van der Waals surface area contributed by atoms with Gasteiger partial charge in [-0.3, -0.25) is 4.68 Å². The summed E-state index contributed by atoms with van der Waals surface area (Å²) in [4.78, 5) is 0. The van der Waals surface area contributed by atoms with Gasteiger partial charge in [-0.2, -0.15) is 0 Å². The third kappa shape index (κ3) is 3.25. The lowest BCUT2D eigenvalue weighted by Crippen LogP contribution is -2.20. The highest BCUT2D eigenvalue weighted by Gasteiger charge is 2.04. The summed E-state index contributed by atoms with van der Waals surface area (Å²) in [7, 11) is 0. The average molecular weight is 255 g/mol. The fraction of sp³-hybridized carbons (Fsp3) is 0.273. The number of hydrogen-bond donors (Lipinski definition) is 1. The van der Waals surface area contributed by atoms with Gasteiger partial charge in [-0.1, -0.05) is 28.9 Å². The average Bonchev–Trinajstić information content (AvgIpc) is 2.83. The predicted molar refractivity (Wildman–Crippen MR) is 63.1 cm³/mol. The lowest BCUT2D eigenvalue weighted by molar-refractivity contribution is 0.539. The highest BCUT2D eigenvalue weighted by molar-refractivity contribution is 6.31. The minimum absolute atomic E-state index is 0.181. The molecule has 0 saturated heterocycles. The van der Waals surface area contributed by atoms with Crippen LogP contribution in [0, 0.1) is 5.82 Å². The molecule has 1 heterocycles. The van der Waals surface area contributed by atoms with Gasteiger partial charge in [0.05, 0.1) is 17.8 Å². The molecule has 6 heteroatoms. The van der Waals surface area contributed by atoms with E-state index in [1.165, 1.54) is 6.07 Å². The first-order valence-electron chi connectivity index (χ1n) is 5.25. The Morgan fingerprint density at radius 2 is 2.29 bits per heavy atom. The molecule has 0 unspecified atom stereocenters. The first-order chi connectivity index (χ1) is 8.27. The van der Waals surface area contributed by atoms with Crippen molar-refractivity contribution in [2.75, 3.05) is 6.54 Å². The van der Waals surface area contributed by atoms with Crippen LogP contribution in [0.25, 0.3) is 0 Å². The quantitative estimate of drug-likeness (QED) is 0.829.